The number of aromatic nitrogens is 3. The maximum absolute atomic E-state index is 14.0. The molecule has 0 aliphatic rings. The maximum atomic E-state index is 14.0. The van der Waals surface area contributed by atoms with Crippen LogP contribution in [0.5, 0.6) is 5.75 Å². The van der Waals surface area contributed by atoms with Crippen molar-refractivity contribution in [3.05, 3.63) is 64.1 Å². The van der Waals surface area contributed by atoms with Crippen LogP contribution in [0, 0.1) is 5.82 Å². The van der Waals surface area contributed by atoms with Crippen molar-refractivity contribution in [2.24, 2.45) is 11.6 Å². The molecule has 3 rings (SSSR count). The lowest BCUT2D eigenvalue weighted by molar-refractivity contribution is 0.383. The third-order valence-electron chi connectivity index (χ3n) is 4.51. The van der Waals surface area contributed by atoms with Gasteiger partial charge < -0.3 is 25.8 Å². The molecule has 0 bridgehead atoms. The third kappa shape index (κ3) is 4.18. The molecule has 0 amide bonds. The van der Waals surface area contributed by atoms with Crippen molar-refractivity contribution in [2.45, 2.75) is 26.4 Å². The number of ether oxygens (including phenoxy) is 1. The van der Waals surface area contributed by atoms with E-state index in [9.17, 15) is 9.18 Å². The highest BCUT2D eigenvalue weighted by Crippen LogP contribution is 2.29. The molecule has 10 heteroatoms. The minimum atomic E-state index is -0.537. The van der Waals surface area contributed by atoms with E-state index in [-0.39, 0.29) is 41.2 Å². The van der Waals surface area contributed by atoms with Crippen LogP contribution in [-0.2, 0) is 6.54 Å². The molecule has 3 aromatic rings. The monoisotopic (exact) mass is 413 g/mol. The topological polar surface area (TPSA) is 138 Å². The fourth-order valence-electron chi connectivity index (χ4n) is 3.13. The highest BCUT2D eigenvalue weighted by atomic mass is 19.1. The molecule has 0 unspecified atom stereocenters. The van der Waals surface area contributed by atoms with Crippen molar-refractivity contribution in [1.82, 2.24) is 19.5 Å². The Morgan fingerprint density at radius 3 is 2.77 bits per heavy atom. The van der Waals surface area contributed by atoms with Gasteiger partial charge in [-0.15, -0.1) is 0 Å². The Bertz CT molecular complexity index is 1170. The Morgan fingerprint density at radius 2 is 2.10 bits per heavy atom. The van der Waals surface area contributed by atoms with Gasteiger partial charge in [-0.1, -0.05) is 6.07 Å². The maximum Gasteiger partial charge on any atom is 0.255 e. The molecule has 0 radical (unpaired) electrons. The van der Waals surface area contributed by atoms with Crippen LogP contribution in [-0.4, -0.2) is 26.7 Å². The van der Waals surface area contributed by atoms with Crippen molar-refractivity contribution in [3.63, 3.8) is 0 Å². The van der Waals surface area contributed by atoms with Crippen molar-refractivity contribution >= 4 is 22.5 Å². The summed E-state index contributed by atoms with van der Waals surface area (Å²) in [5.41, 5.74) is 13.0. The number of hydrogen-bond donors (Lipinski definition) is 3. The number of nitrogens with zero attached hydrogens (tertiary/aromatic N) is 4. The molecule has 0 aliphatic heterocycles. The number of pyridine rings is 1. The summed E-state index contributed by atoms with van der Waals surface area (Å²) in [5, 5.41) is 1.59. The summed E-state index contributed by atoms with van der Waals surface area (Å²) >= 11 is 0. The number of hydrogen-bond acceptors (Lipinski definition) is 8. The lowest BCUT2D eigenvalue weighted by atomic mass is 10.1. The van der Waals surface area contributed by atoms with E-state index >= 15 is 0 Å². The predicted molar refractivity (Wildman–Crippen MR) is 113 cm³/mol. The highest BCUT2D eigenvalue weighted by Gasteiger charge is 2.15. The van der Waals surface area contributed by atoms with Gasteiger partial charge in [0.25, 0.3) is 5.56 Å². The number of halogens is 1. The van der Waals surface area contributed by atoms with E-state index in [2.05, 4.69) is 9.97 Å². The molecule has 0 spiro atoms. The van der Waals surface area contributed by atoms with Gasteiger partial charge in [0, 0.05) is 35.5 Å². The van der Waals surface area contributed by atoms with E-state index in [4.69, 9.17) is 22.0 Å². The van der Waals surface area contributed by atoms with Crippen molar-refractivity contribution in [2.75, 3.05) is 12.8 Å². The molecule has 0 saturated carbocycles. The minimum absolute atomic E-state index is 0.0181. The Balaban J connectivity index is 2.00. The van der Waals surface area contributed by atoms with Crippen LogP contribution in [0.4, 0.5) is 10.3 Å². The lowest BCUT2D eigenvalue weighted by Crippen LogP contribution is -2.32. The quantitative estimate of drug-likeness (QED) is 0.410. The summed E-state index contributed by atoms with van der Waals surface area (Å²) in [7, 11) is 1.40. The Hall–Kier alpha value is -3.66. The number of hydrazine groups is 1. The van der Waals surface area contributed by atoms with E-state index in [1.807, 2.05) is 13.8 Å². The van der Waals surface area contributed by atoms with E-state index in [0.717, 1.165) is 0 Å². The molecule has 1 aromatic carbocycles. The molecule has 6 N–H and O–H groups in total. The van der Waals surface area contributed by atoms with Gasteiger partial charge in [-0.3, -0.25) is 4.79 Å². The average molecular weight is 413 g/mol. The van der Waals surface area contributed by atoms with Crippen molar-refractivity contribution in [1.29, 1.82) is 0 Å². The van der Waals surface area contributed by atoms with Crippen molar-refractivity contribution < 1.29 is 9.13 Å². The predicted octanol–water partition coefficient (Wildman–Crippen LogP) is 1.74. The van der Waals surface area contributed by atoms with Gasteiger partial charge in [0.15, 0.2) is 0 Å². The second kappa shape index (κ2) is 8.37. The van der Waals surface area contributed by atoms with Gasteiger partial charge in [0.05, 0.1) is 19.4 Å². The van der Waals surface area contributed by atoms with Crippen LogP contribution < -0.4 is 27.6 Å². The van der Waals surface area contributed by atoms with Gasteiger partial charge in [-0.2, -0.15) is 0 Å². The summed E-state index contributed by atoms with van der Waals surface area (Å²) in [6.45, 7) is 3.95. The molecule has 0 aliphatic carbocycles. The first kappa shape index (κ1) is 21.1. The molecular formula is C20H24FN7O2. The molecule has 158 valence electrons. The van der Waals surface area contributed by atoms with Crippen LogP contribution in [0.1, 0.15) is 31.1 Å². The van der Waals surface area contributed by atoms with E-state index in [1.54, 1.807) is 22.9 Å². The smallest absolute Gasteiger partial charge is 0.255 e. The van der Waals surface area contributed by atoms with Gasteiger partial charge in [-0.25, -0.2) is 20.2 Å². The molecule has 2 heterocycles. The first-order valence-electron chi connectivity index (χ1n) is 9.21. The number of anilines is 1. The summed E-state index contributed by atoms with van der Waals surface area (Å²) in [4.78, 5) is 20.8. The summed E-state index contributed by atoms with van der Waals surface area (Å²) in [5.74, 6) is 5.68. The van der Waals surface area contributed by atoms with E-state index in [0.29, 0.717) is 16.5 Å². The number of nitrogens with two attached hydrogens (primary N) is 3. The van der Waals surface area contributed by atoms with Crippen LogP contribution in [0.15, 0.2) is 41.5 Å². The van der Waals surface area contributed by atoms with Crippen LogP contribution in [0.2, 0.25) is 0 Å². The number of methoxy groups -OCH3 is 1. The standard InChI is InChI=1S/C20H24FN7O2/c1-11(2)28-6-4-5-12(19(28)29)9-27(24)10-15(22)17-14-7-13(21)8-16(30-3)18(14)26-20(23)25-17/h4-8,10-11H,9,22,24H2,1-3H3,(H2,23,25,26)/b15-10-. The molecule has 30 heavy (non-hydrogen) atoms. The zero-order valence-electron chi connectivity index (χ0n) is 17.0. The molecule has 9 nitrogen and oxygen atoms in total. The normalized spacial score (nSPS) is 11.9. The molecule has 0 atom stereocenters. The van der Waals surface area contributed by atoms with Crippen LogP contribution in [0.3, 0.4) is 0 Å². The fraction of sp³-hybridized carbons (Fsp3) is 0.250. The number of benzene rings is 1. The van der Waals surface area contributed by atoms with Crippen LogP contribution >= 0.6 is 0 Å². The summed E-state index contributed by atoms with van der Waals surface area (Å²) < 4.78 is 20.8. The Morgan fingerprint density at radius 1 is 1.37 bits per heavy atom. The minimum Gasteiger partial charge on any atom is -0.494 e. The SMILES string of the molecule is COc1cc(F)cc2c(/C(N)=C/N(N)Cc3cccn(C(C)C)c3=O)nc(N)nc12. The third-order valence-corrected chi connectivity index (χ3v) is 4.51. The molecular weight excluding hydrogens is 389 g/mol. The molecule has 0 fully saturated rings. The largest absolute Gasteiger partial charge is 0.494 e. The second-order valence-electron chi connectivity index (χ2n) is 7.03. The number of rotatable bonds is 6. The number of fused-ring (bicyclic) bond motifs is 1. The molecule has 2 aromatic heterocycles. The Kier molecular flexibility index (Phi) is 5.88. The average Bonchev–Trinajstić information content (AvgIpc) is 2.68. The summed E-state index contributed by atoms with van der Waals surface area (Å²) in [6, 6.07) is 5.94. The molecule has 0 saturated heterocycles. The van der Waals surface area contributed by atoms with Crippen molar-refractivity contribution in [3.8, 4) is 5.75 Å². The van der Waals surface area contributed by atoms with Crippen LogP contribution in [0.25, 0.3) is 16.6 Å². The van der Waals surface area contributed by atoms with E-state index in [1.165, 1.54) is 30.5 Å². The van der Waals surface area contributed by atoms with Gasteiger partial charge >= 0.3 is 0 Å². The number of nitrogen functional groups attached to an aromatic ring is 1. The van der Waals surface area contributed by atoms with E-state index < -0.39 is 5.82 Å². The fourth-order valence-corrected chi connectivity index (χ4v) is 3.13. The zero-order chi connectivity index (χ0) is 22.0. The first-order chi connectivity index (χ1) is 14.2. The van der Waals surface area contributed by atoms with Gasteiger partial charge in [0.1, 0.15) is 22.8 Å². The second-order valence-corrected chi connectivity index (χ2v) is 7.03. The Labute approximate surface area is 172 Å². The summed E-state index contributed by atoms with van der Waals surface area (Å²) in [6.07, 6.45) is 3.13. The lowest BCUT2D eigenvalue weighted by Gasteiger charge is -2.17. The first-order valence-corrected chi connectivity index (χ1v) is 9.21. The van der Waals surface area contributed by atoms with Gasteiger partial charge in [-0.05, 0) is 26.0 Å². The highest BCUT2D eigenvalue weighted by molar-refractivity contribution is 5.93. The van der Waals surface area contributed by atoms with Gasteiger partial charge in [0.2, 0.25) is 5.95 Å². The zero-order valence-corrected chi connectivity index (χ0v) is 17.0.